The van der Waals surface area contributed by atoms with Gasteiger partial charge in [0.1, 0.15) is 11.6 Å². The quantitative estimate of drug-likeness (QED) is 0.390. The molecule has 0 bridgehead atoms. The summed E-state index contributed by atoms with van der Waals surface area (Å²) in [6, 6.07) is 12.8. The van der Waals surface area contributed by atoms with E-state index in [0.29, 0.717) is 27.2 Å². The normalized spacial score (nSPS) is 12.6. The van der Waals surface area contributed by atoms with Gasteiger partial charge in [0.25, 0.3) is 5.91 Å². The first-order valence-corrected chi connectivity index (χ1v) is 8.72. The second-order valence-corrected chi connectivity index (χ2v) is 6.96. The van der Waals surface area contributed by atoms with E-state index in [1.807, 2.05) is 24.3 Å². The average molecular weight is 497 g/mol. The van der Waals surface area contributed by atoms with Crippen molar-refractivity contribution in [2.24, 2.45) is 0 Å². The highest BCUT2D eigenvalue weighted by Gasteiger charge is 2.17. The largest absolute Gasteiger partial charge is 0.454 e. The fraction of sp³-hybridized carbons (Fsp3) is 0.0588. The number of hydrogen-bond donors (Lipinski definition) is 1. The van der Waals surface area contributed by atoms with E-state index in [1.165, 1.54) is 6.08 Å². The molecule has 24 heavy (non-hydrogen) atoms. The van der Waals surface area contributed by atoms with E-state index in [1.54, 1.807) is 18.2 Å². The van der Waals surface area contributed by atoms with Crippen LogP contribution in [0.4, 0.5) is 5.69 Å². The molecule has 0 saturated heterocycles. The summed E-state index contributed by atoms with van der Waals surface area (Å²) in [7, 11) is 0. The van der Waals surface area contributed by atoms with Crippen molar-refractivity contribution in [2.45, 2.75) is 0 Å². The van der Waals surface area contributed by atoms with Crippen molar-refractivity contribution < 1.29 is 14.3 Å². The summed E-state index contributed by atoms with van der Waals surface area (Å²) in [6.45, 7) is 0.160. The van der Waals surface area contributed by atoms with E-state index < -0.39 is 5.91 Å². The number of fused-ring (bicyclic) bond motifs is 1. The van der Waals surface area contributed by atoms with Crippen LogP contribution < -0.4 is 14.8 Å². The van der Waals surface area contributed by atoms with E-state index in [2.05, 4.69) is 43.8 Å². The van der Waals surface area contributed by atoms with Gasteiger partial charge in [-0.15, -0.1) is 0 Å². The number of hydrogen-bond acceptors (Lipinski definition) is 4. The van der Waals surface area contributed by atoms with E-state index in [4.69, 9.17) is 9.47 Å². The van der Waals surface area contributed by atoms with Crippen LogP contribution in [-0.4, -0.2) is 12.7 Å². The maximum Gasteiger partial charge on any atom is 0.266 e. The first-order valence-electron chi connectivity index (χ1n) is 6.84. The Morgan fingerprint density at radius 2 is 2.04 bits per heavy atom. The van der Waals surface area contributed by atoms with Gasteiger partial charge in [0.15, 0.2) is 11.5 Å². The van der Waals surface area contributed by atoms with Crippen molar-refractivity contribution in [3.63, 3.8) is 0 Å². The SMILES string of the molecule is N#C/C(=C\c1cc2c(cc1Br)OCO2)C(=O)Nc1cccc(I)c1. The van der Waals surface area contributed by atoms with Crippen LogP contribution in [0.15, 0.2) is 46.4 Å². The number of carbonyl (C=O) groups excluding carboxylic acids is 1. The molecule has 0 saturated carbocycles. The molecule has 3 rings (SSSR count). The lowest BCUT2D eigenvalue weighted by atomic mass is 10.1. The van der Waals surface area contributed by atoms with Crippen molar-refractivity contribution in [1.29, 1.82) is 5.26 Å². The lowest BCUT2D eigenvalue weighted by Crippen LogP contribution is -2.13. The Kier molecular flexibility index (Phi) is 5.06. The average Bonchev–Trinajstić information content (AvgIpc) is 2.99. The molecule has 1 aliphatic heterocycles. The summed E-state index contributed by atoms with van der Waals surface area (Å²) in [4.78, 5) is 12.3. The third kappa shape index (κ3) is 3.71. The zero-order valence-corrected chi connectivity index (χ0v) is 15.9. The molecule has 1 N–H and O–H groups in total. The Balaban J connectivity index is 1.87. The molecule has 1 aliphatic rings. The van der Waals surface area contributed by atoms with E-state index in [9.17, 15) is 10.1 Å². The number of benzene rings is 2. The van der Waals surface area contributed by atoms with Gasteiger partial charge in [-0.1, -0.05) is 22.0 Å². The molecule has 1 amide bonds. The predicted octanol–water partition coefficient (Wildman–Crippen LogP) is 4.33. The Morgan fingerprint density at radius 1 is 1.29 bits per heavy atom. The molecule has 2 aromatic carbocycles. The Hall–Kier alpha value is -2.05. The molecule has 0 radical (unpaired) electrons. The molecule has 2 aromatic rings. The van der Waals surface area contributed by atoms with Crippen LogP contribution in [0.1, 0.15) is 5.56 Å². The summed E-state index contributed by atoms with van der Waals surface area (Å²) < 4.78 is 12.3. The van der Waals surface area contributed by atoms with Gasteiger partial charge in [-0.3, -0.25) is 4.79 Å². The second-order valence-electron chi connectivity index (χ2n) is 4.86. The number of nitriles is 1. The minimum atomic E-state index is -0.468. The Bertz CT molecular complexity index is 890. The third-order valence-corrected chi connectivity index (χ3v) is 4.60. The van der Waals surface area contributed by atoms with Crippen LogP contribution in [0.25, 0.3) is 6.08 Å². The first-order chi connectivity index (χ1) is 11.6. The van der Waals surface area contributed by atoms with Gasteiger partial charge in [0.05, 0.1) is 0 Å². The number of anilines is 1. The molecular formula is C17H10BrIN2O3. The summed E-state index contributed by atoms with van der Waals surface area (Å²) in [6.07, 6.45) is 1.51. The monoisotopic (exact) mass is 496 g/mol. The highest BCUT2D eigenvalue weighted by Crippen LogP contribution is 2.37. The van der Waals surface area contributed by atoms with Gasteiger partial charge in [-0.25, -0.2) is 0 Å². The minimum absolute atomic E-state index is 0.00609. The lowest BCUT2D eigenvalue weighted by Gasteiger charge is -2.06. The molecule has 7 heteroatoms. The van der Waals surface area contributed by atoms with Crippen LogP contribution in [0.3, 0.4) is 0 Å². The van der Waals surface area contributed by atoms with Gasteiger partial charge in [0.2, 0.25) is 6.79 Å². The van der Waals surface area contributed by atoms with Gasteiger partial charge in [0, 0.05) is 13.7 Å². The standard InChI is InChI=1S/C17H10BrIN2O3/c18-14-7-16-15(23-9-24-16)5-10(14)4-11(8-20)17(22)21-13-3-1-2-12(19)6-13/h1-7H,9H2,(H,21,22)/b11-4+. The number of carbonyl (C=O) groups is 1. The Morgan fingerprint density at radius 3 is 2.75 bits per heavy atom. The first kappa shape index (κ1) is 16.8. The summed E-state index contributed by atoms with van der Waals surface area (Å²) in [5.74, 6) is 0.740. The highest BCUT2D eigenvalue weighted by atomic mass is 127. The van der Waals surface area contributed by atoms with Crippen molar-refractivity contribution in [3.05, 3.63) is 55.6 Å². The van der Waals surface area contributed by atoms with Gasteiger partial charge >= 0.3 is 0 Å². The van der Waals surface area contributed by atoms with E-state index in [0.717, 1.165) is 3.57 Å². The molecule has 5 nitrogen and oxygen atoms in total. The molecule has 120 valence electrons. The molecule has 0 fully saturated rings. The maximum absolute atomic E-state index is 12.3. The van der Waals surface area contributed by atoms with Crippen LogP contribution in [0.2, 0.25) is 0 Å². The molecule has 0 atom stereocenters. The summed E-state index contributed by atoms with van der Waals surface area (Å²) in [5, 5.41) is 12.0. The van der Waals surface area contributed by atoms with E-state index >= 15 is 0 Å². The summed E-state index contributed by atoms with van der Waals surface area (Å²) >= 11 is 5.57. The van der Waals surface area contributed by atoms with Gasteiger partial charge < -0.3 is 14.8 Å². The highest BCUT2D eigenvalue weighted by molar-refractivity contribution is 14.1. The number of nitrogens with one attached hydrogen (secondary N) is 1. The van der Waals surface area contributed by atoms with E-state index in [-0.39, 0.29) is 12.4 Å². The fourth-order valence-electron chi connectivity index (χ4n) is 2.11. The maximum atomic E-state index is 12.3. The molecule has 0 aliphatic carbocycles. The van der Waals surface area contributed by atoms with Crippen LogP contribution in [0.5, 0.6) is 11.5 Å². The number of amides is 1. The van der Waals surface area contributed by atoms with Crippen LogP contribution in [-0.2, 0) is 4.79 Å². The van der Waals surface area contributed by atoms with Gasteiger partial charge in [-0.2, -0.15) is 5.26 Å². The third-order valence-electron chi connectivity index (χ3n) is 3.24. The smallest absolute Gasteiger partial charge is 0.266 e. The van der Waals surface area contributed by atoms with Crippen molar-refractivity contribution in [3.8, 4) is 17.6 Å². The number of rotatable bonds is 3. The molecule has 0 unspecified atom stereocenters. The zero-order valence-electron chi connectivity index (χ0n) is 12.2. The van der Waals surface area contributed by atoms with Crippen molar-refractivity contribution in [2.75, 3.05) is 12.1 Å². The van der Waals surface area contributed by atoms with Gasteiger partial charge in [-0.05, 0) is 64.6 Å². The van der Waals surface area contributed by atoms with Crippen LogP contribution in [0, 0.1) is 14.9 Å². The number of nitrogens with zero attached hydrogens (tertiary/aromatic N) is 1. The summed E-state index contributed by atoms with van der Waals surface area (Å²) in [5.41, 5.74) is 1.29. The lowest BCUT2D eigenvalue weighted by molar-refractivity contribution is -0.112. The Labute approximate surface area is 160 Å². The number of halogens is 2. The predicted molar refractivity (Wildman–Crippen MR) is 102 cm³/mol. The van der Waals surface area contributed by atoms with Crippen molar-refractivity contribution in [1.82, 2.24) is 0 Å². The molecule has 0 aromatic heterocycles. The minimum Gasteiger partial charge on any atom is -0.454 e. The fourth-order valence-corrected chi connectivity index (χ4v) is 3.09. The molecule has 1 heterocycles. The zero-order chi connectivity index (χ0) is 17.1. The second kappa shape index (κ2) is 7.23. The van der Waals surface area contributed by atoms with Crippen molar-refractivity contribution >= 4 is 56.2 Å². The molecular weight excluding hydrogens is 487 g/mol. The van der Waals surface area contributed by atoms with Crippen LogP contribution >= 0.6 is 38.5 Å². The molecule has 0 spiro atoms. The number of ether oxygens (including phenoxy) is 2. The topological polar surface area (TPSA) is 71.3 Å².